The van der Waals surface area contributed by atoms with Crippen molar-refractivity contribution in [3.63, 3.8) is 0 Å². The Morgan fingerprint density at radius 1 is 1.13 bits per heavy atom. The van der Waals surface area contributed by atoms with Gasteiger partial charge in [0.05, 0.1) is 0 Å². The maximum atomic E-state index is 12.7. The Balaban J connectivity index is 2.22. The number of halogens is 2. The van der Waals surface area contributed by atoms with E-state index in [4.69, 9.17) is 0 Å². The summed E-state index contributed by atoms with van der Waals surface area (Å²) in [4.78, 5) is 6.05. The second-order valence-electron chi connectivity index (χ2n) is 2.86. The van der Waals surface area contributed by atoms with E-state index in [2.05, 4.69) is 20.9 Å². The third-order valence-electron chi connectivity index (χ3n) is 1.78. The van der Waals surface area contributed by atoms with Crippen molar-refractivity contribution in [2.24, 2.45) is 0 Å². The highest BCUT2D eigenvalue weighted by atomic mass is 79.9. The molecule has 76 valence electrons. The second-order valence-corrected chi connectivity index (χ2v) is 4.83. The van der Waals surface area contributed by atoms with E-state index in [1.54, 1.807) is 36.3 Å². The molecule has 0 saturated carbocycles. The van der Waals surface area contributed by atoms with E-state index < -0.39 is 0 Å². The highest BCUT2D eigenvalue weighted by Crippen LogP contribution is 2.32. The van der Waals surface area contributed by atoms with Gasteiger partial charge in [0, 0.05) is 26.7 Å². The van der Waals surface area contributed by atoms with Crippen LogP contribution in [0.15, 0.2) is 57.0 Å². The van der Waals surface area contributed by atoms with E-state index >= 15 is 0 Å². The van der Waals surface area contributed by atoms with Crippen LogP contribution in [0.5, 0.6) is 0 Å². The molecule has 0 aliphatic carbocycles. The van der Waals surface area contributed by atoms with Gasteiger partial charge in [-0.2, -0.15) is 0 Å². The van der Waals surface area contributed by atoms with Gasteiger partial charge in [-0.3, -0.25) is 4.98 Å². The Kier molecular flexibility index (Phi) is 3.38. The molecule has 2 rings (SSSR count). The van der Waals surface area contributed by atoms with Crippen molar-refractivity contribution in [1.82, 2.24) is 4.98 Å². The average Bonchev–Trinajstić information content (AvgIpc) is 2.25. The first-order chi connectivity index (χ1) is 7.25. The molecule has 0 radical (unpaired) electrons. The maximum Gasteiger partial charge on any atom is 0.123 e. The van der Waals surface area contributed by atoms with Gasteiger partial charge in [-0.05, 0) is 46.3 Å². The standard InChI is InChI=1S/C11H7BrFNS/c12-10-7-14-6-5-11(10)15-9-3-1-8(13)2-4-9/h1-7H. The first kappa shape index (κ1) is 10.6. The van der Waals surface area contributed by atoms with Gasteiger partial charge in [0.15, 0.2) is 0 Å². The molecule has 0 saturated heterocycles. The highest BCUT2D eigenvalue weighted by molar-refractivity contribution is 9.10. The van der Waals surface area contributed by atoms with Crippen molar-refractivity contribution in [2.45, 2.75) is 9.79 Å². The minimum atomic E-state index is -0.215. The number of aromatic nitrogens is 1. The lowest BCUT2D eigenvalue weighted by atomic mass is 10.4. The number of pyridine rings is 1. The van der Waals surface area contributed by atoms with Crippen molar-refractivity contribution >= 4 is 27.7 Å². The summed E-state index contributed by atoms with van der Waals surface area (Å²) < 4.78 is 13.6. The third kappa shape index (κ3) is 2.79. The molecule has 2 aromatic rings. The zero-order valence-corrected chi connectivity index (χ0v) is 10.1. The number of nitrogens with zero attached hydrogens (tertiary/aromatic N) is 1. The minimum absolute atomic E-state index is 0.215. The van der Waals surface area contributed by atoms with Crippen LogP contribution in [0.1, 0.15) is 0 Å². The Morgan fingerprint density at radius 3 is 2.53 bits per heavy atom. The van der Waals surface area contributed by atoms with Crippen molar-refractivity contribution in [3.8, 4) is 0 Å². The van der Waals surface area contributed by atoms with Crippen molar-refractivity contribution in [2.75, 3.05) is 0 Å². The van der Waals surface area contributed by atoms with E-state index in [1.807, 2.05) is 6.07 Å². The molecule has 15 heavy (non-hydrogen) atoms. The molecule has 0 N–H and O–H groups in total. The van der Waals surface area contributed by atoms with Crippen LogP contribution >= 0.6 is 27.7 Å². The highest BCUT2D eigenvalue weighted by Gasteiger charge is 2.01. The van der Waals surface area contributed by atoms with Crippen molar-refractivity contribution in [1.29, 1.82) is 0 Å². The fourth-order valence-corrected chi connectivity index (χ4v) is 2.37. The molecule has 1 heterocycles. The molecule has 0 bridgehead atoms. The molecule has 0 amide bonds. The van der Waals surface area contributed by atoms with Gasteiger partial charge in [0.1, 0.15) is 5.82 Å². The lowest BCUT2D eigenvalue weighted by Crippen LogP contribution is -1.78. The van der Waals surface area contributed by atoms with Crippen LogP contribution in [0.4, 0.5) is 4.39 Å². The van der Waals surface area contributed by atoms with Gasteiger partial charge in [0.2, 0.25) is 0 Å². The quantitative estimate of drug-likeness (QED) is 0.822. The molecule has 0 spiro atoms. The Morgan fingerprint density at radius 2 is 1.87 bits per heavy atom. The van der Waals surface area contributed by atoms with E-state index in [9.17, 15) is 4.39 Å². The van der Waals surface area contributed by atoms with Crippen LogP contribution in [-0.4, -0.2) is 4.98 Å². The minimum Gasteiger partial charge on any atom is -0.263 e. The maximum absolute atomic E-state index is 12.7. The fraction of sp³-hybridized carbons (Fsp3) is 0. The largest absolute Gasteiger partial charge is 0.263 e. The van der Waals surface area contributed by atoms with Crippen LogP contribution in [0.2, 0.25) is 0 Å². The van der Waals surface area contributed by atoms with Crippen LogP contribution in [0.3, 0.4) is 0 Å². The summed E-state index contributed by atoms with van der Waals surface area (Å²) >= 11 is 4.98. The normalized spacial score (nSPS) is 10.3. The molecule has 0 aliphatic heterocycles. The summed E-state index contributed by atoms with van der Waals surface area (Å²) in [6.45, 7) is 0. The molecule has 1 nitrogen and oxygen atoms in total. The predicted octanol–water partition coefficient (Wildman–Crippen LogP) is 4.13. The van der Waals surface area contributed by atoms with E-state index in [0.717, 1.165) is 14.3 Å². The Hall–Kier alpha value is -0.870. The zero-order chi connectivity index (χ0) is 10.7. The van der Waals surface area contributed by atoms with E-state index in [-0.39, 0.29) is 5.82 Å². The summed E-state index contributed by atoms with van der Waals surface area (Å²) in [5, 5.41) is 0. The second kappa shape index (κ2) is 4.77. The third-order valence-corrected chi connectivity index (χ3v) is 3.75. The molecule has 0 unspecified atom stereocenters. The molecule has 4 heteroatoms. The van der Waals surface area contributed by atoms with Gasteiger partial charge >= 0.3 is 0 Å². The lowest BCUT2D eigenvalue weighted by molar-refractivity contribution is 0.626. The fourth-order valence-electron chi connectivity index (χ4n) is 1.07. The number of benzene rings is 1. The van der Waals surface area contributed by atoms with Gasteiger partial charge in [0.25, 0.3) is 0 Å². The van der Waals surface area contributed by atoms with Gasteiger partial charge in [-0.25, -0.2) is 4.39 Å². The van der Waals surface area contributed by atoms with E-state index in [1.165, 1.54) is 12.1 Å². The Labute approximate surface area is 99.9 Å². The van der Waals surface area contributed by atoms with Crippen molar-refractivity contribution in [3.05, 3.63) is 53.0 Å². The van der Waals surface area contributed by atoms with Crippen LogP contribution in [0.25, 0.3) is 0 Å². The number of rotatable bonds is 2. The van der Waals surface area contributed by atoms with Gasteiger partial charge in [-0.1, -0.05) is 11.8 Å². The summed E-state index contributed by atoms with van der Waals surface area (Å²) in [7, 11) is 0. The van der Waals surface area contributed by atoms with Gasteiger partial charge in [-0.15, -0.1) is 0 Å². The average molecular weight is 284 g/mol. The first-order valence-corrected chi connectivity index (χ1v) is 5.89. The predicted molar refractivity (Wildman–Crippen MR) is 62.5 cm³/mol. The monoisotopic (exact) mass is 283 g/mol. The van der Waals surface area contributed by atoms with Crippen LogP contribution < -0.4 is 0 Å². The smallest absolute Gasteiger partial charge is 0.123 e. The lowest BCUT2D eigenvalue weighted by Gasteiger charge is -2.02. The number of hydrogen-bond acceptors (Lipinski definition) is 2. The summed E-state index contributed by atoms with van der Waals surface area (Å²) in [6, 6.07) is 8.34. The SMILES string of the molecule is Fc1ccc(Sc2ccncc2Br)cc1. The topological polar surface area (TPSA) is 12.9 Å². The molecule has 0 fully saturated rings. The summed E-state index contributed by atoms with van der Waals surface area (Å²) in [5.74, 6) is -0.215. The zero-order valence-electron chi connectivity index (χ0n) is 7.65. The van der Waals surface area contributed by atoms with Crippen LogP contribution in [-0.2, 0) is 0 Å². The molecular formula is C11H7BrFNS. The first-order valence-electron chi connectivity index (χ1n) is 4.28. The Bertz CT molecular complexity index is 458. The van der Waals surface area contributed by atoms with Crippen molar-refractivity contribution < 1.29 is 4.39 Å². The summed E-state index contributed by atoms with van der Waals surface area (Å²) in [6.07, 6.45) is 3.47. The molecule has 0 atom stereocenters. The molecule has 1 aromatic carbocycles. The molecule has 1 aromatic heterocycles. The van der Waals surface area contributed by atoms with Crippen LogP contribution in [0, 0.1) is 5.82 Å². The summed E-state index contributed by atoms with van der Waals surface area (Å²) in [5.41, 5.74) is 0. The van der Waals surface area contributed by atoms with Gasteiger partial charge < -0.3 is 0 Å². The van der Waals surface area contributed by atoms with E-state index in [0.29, 0.717) is 0 Å². The molecule has 0 aliphatic rings. The molecular weight excluding hydrogens is 277 g/mol. The number of hydrogen-bond donors (Lipinski definition) is 0.